The Morgan fingerprint density at radius 1 is 0.879 bits per heavy atom. The number of carbonyl (C=O) groups is 3. The van der Waals surface area contributed by atoms with Crippen molar-refractivity contribution in [3.05, 3.63) is 80.1 Å². The molecule has 2 fully saturated rings. The van der Waals surface area contributed by atoms with E-state index in [2.05, 4.69) is 32.1 Å². The molecule has 314 valence electrons. The molecule has 0 amide bonds. The maximum Gasteiger partial charge on any atom is 0.203 e. The average molecular weight is 795 g/mol. The van der Waals surface area contributed by atoms with E-state index in [1.807, 2.05) is 13.0 Å². The number of unbranched alkanes of at least 4 members (excludes halogenated alkanes) is 4. The highest BCUT2D eigenvalue weighted by Crippen LogP contribution is 2.68. The Morgan fingerprint density at radius 3 is 2.07 bits per heavy atom. The number of aryl methyl sites for hydroxylation is 2. The number of phenolic OH excluding ortho intramolecular Hbond substituents is 1. The zero-order valence-electron chi connectivity index (χ0n) is 36.0. The van der Waals surface area contributed by atoms with E-state index in [0.29, 0.717) is 17.0 Å². The minimum Gasteiger partial charge on any atom is -0.508 e. The molecular formula is C50H66O8. The molecule has 4 aliphatic rings. The van der Waals surface area contributed by atoms with E-state index in [0.717, 1.165) is 57.4 Å². The number of allylic oxidation sites excluding steroid dienone is 1. The van der Waals surface area contributed by atoms with Crippen LogP contribution in [0, 0.1) is 22.7 Å². The molecule has 2 aromatic carbocycles. The van der Waals surface area contributed by atoms with Crippen LogP contribution >= 0.6 is 0 Å². The first-order valence-electron chi connectivity index (χ1n) is 22.0. The minimum absolute atomic E-state index is 0.00787. The highest BCUT2D eigenvalue weighted by Gasteiger charge is 2.77. The van der Waals surface area contributed by atoms with Gasteiger partial charge in [0.25, 0.3) is 0 Å². The van der Waals surface area contributed by atoms with Gasteiger partial charge in [-0.05, 0) is 103 Å². The van der Waals surface area contributed by atoms with E-state index < -0.39 is 74.7 Å². The maximum absolute atomic E-state index is 14.9. The van der Waals surface area contributed by atoms with Gasteiger partial charge < -0.3 is 25.5 Å². The van der Waals surface area contributed by atoms with Crippen LogP contribution in [0.5, 0.6) is 5.75 Å². The lowest BCUT2D eigenvalue weighted by Crippen LogP contribution is -2.75. The van der Waals surface area contributed by atoms with Gasteiger partial charge in [-0.25, -0.2) is 0 Å². The zero-order valence-corrected chi connectivity index (χ0v) is 36.0. The fraction of sp³-hybridized carbons (Fsp3) is 0.580. The number of carbonyl (C=O) groups excluding carboxylic acids is 3. The lowest BCUT2D eigenvalue weighted by Gasteiger charge is -2.63. The number of aliphatic hydroxyl groups is 4. The van der Waals surface area contributed by atoms with Gasteiger partial charge in [0.2, 0.25) is 5.78 Å². The van der Waals surface area contributed by atoms with Crippen LogP contribution in [0.1, 0.15) is 177 Å². The van der Waals surface area contributed by atoms with Gasteiger partial charge in [0, 0.05) is 16.7 Å². The van der Waals surface area contributed by atoms with Crippen molar-refractivity contribution in [3.63, 3.8) is 0 Å². The molecule has 8 nitrogen and oxygen atoms in total. The smallest absolute Gasteiger partial charge is 0.203 e. The van der Waals surface area contributed by atoms with E-state index in [1.165, 1.54) is 68.2 Å². The quantitative estimate of drug-likeness (QED) is 0.0763. The molecule has 2 aromatic rings. The Balaban J connectivity index is 1.54. The van der Waals surface area contributed by atoms with E-state index >= 15 is 0 Å². The summed E-state index contributed by atoms with van der Waals surface area (Å²) in [4.78, 5) is 41.8. The number of ketones is 3. The maximum atomic E-state index is 14.9. The number of hydrogen-bond donors (Lipinski definition) is 5. The highest BCUT2D eigenvalue weighted by molar-refractivity contribution is 6.24. The average Bonchev–Trinajstić information content (AvgIpc) is 3.18. The van der Waals surface area contributed by atoms with Crippen molar-refractivity contribution in [1.82, 2.24) is 0 Å². The van der Waals surface area contributed by atoms with Gasteiger partial charge in [0.15, 0.2) is 17.2 Å². The largest absolute Gasteiger partial charge is 0.508 e. The third-order valence-electron chi connectivity index (χ3n) is 14.8. The van der Waals surface area contributed by atoms with Crippen LogP contribution < -0.4 is 0 Å². The molecule has 6 atom stereocenters. The highest BCUT2D eigenvalue weighted by atomic mass is 16.4. The number of Topliss-reactive ketones (excluding diaryl/α,β-unsaturated/α-hetero) is 3. The second-order valence-electron chi connectivity index (χ2n) is 18.6. The van der Waals surface area contributed by atoms with Crippen LogP contribution in [0.15, 0.2) is 41.2 Å². The van der Waals surface area contributed by atoms with Crippen molar-refractivity contribution in [2.75, 3.05) is 0 Å². The van der Waals surface area contributed by atoms with Crippen molar-refractivity contribution in [2.45, 2.75) is 162 Å². The summed E-state index contributed by atoms with van der Waals surface area (Å²) in [6.07, 6.45) is 17.5. The summed E-state index contributed by atoms with van der Waals surface area (Å²) >= 11 is 0. The first kappa shape index (κ1) is 43.6. The van der Waals surface area contributed by atoms with E-state index in [-0.39, 0.29) is 16.9 Å². The van der Waals surface area contributed by atoms with Crippen molar-refractivity contribution < 1.29 is 39.9 Å². The second kappa shape index (κ2) is 16.6. The van der Waals surface area contributed by atoms with Crippen molar-refractivity contribution in [3.8, 4) is 5.75 Å². The normalized spacial score (nSPS) is 29.0. The molecule has 0 aromatic heterocycles. The first-order valence-corrected chi connectivity index (χ1v) is 22.0. The molecule has 4 aliphatic carbocycles. The Bertz CT molecular complexity index is 2060. The molecular weight excluding hydrogens is 729 g/mol. The number of benzene rings is 2. The summed E-state index contributed by atoms with van der Waals surface area (Å²) in [5.74, 6) is -6.67. The molecule has 8 heteroatoms. The number of fused-ring (bicyclic) bond motifs is 3. The molecule has 6 rings (SSSR count). The van der Waals surface area contributed by atoms with E-state index in [4.69, 9.17) is 0 Å². The molecule has 0 heterocycles. The van der Waals surface area contributed by atoms with Gasteiger partial charge in [0.05, 0.1) is 17.2 Å². The van der Waals surface area contributed by atoms with Crippen molar-refractivity contribution in [1.29, 1.82) is 0 Å². The number of rotatable bonds is 13. The lowest BCUT2D eigenvalue weighted by atomic mass is 9.40. The molecule has 0 saturated heterocycles. The second-order valence-corrected chi connectivity index (χ2v) is 18.6. The molecule has 2 unspecified atom stereocenters. The first-order chi connectivity index (χ1) is 27.4. The predicted octanol–water partition coefficient (Wildman–Crippen LogP) is 10.4. The molecule has 5 N–H and O–H groups in total. The van der Waals surface area contributed by atoms with Gasteiger partial charge in [0.1, 0.15) is 22.8 Å². The SMILES string of the molecule is CCCCCc1cc(C2CCCCC2)c(CCCCC)cc1C=Cc1ccc(O)c2c1C(C)[C@@]1(C)C(=C2O)C(=O)[C@@]2(O)C(O)=C(C(C)=O)C(=O)C(C(C)C)[C@@]2(C)[C@@H]1O. The summed E-state index contributed by atoms with van der Waals surface area (Å²) in [7, 11) is 0. The van der Waals surface area contributed by atoms with Crippen LogP contribution in [-0.4, -0.2) is 54.6 Å². The lowest BCUT2D eigenvalue weighted by molar-refractivity contribution is -0.215. The third kappa shape index (κ3) is 6.61. The Morgan fingerprint density at radius 2 is 1.48 bits per heavy atom. The predicted molar refractivity (Wildman–Crippen MR) is 230 cm³/mol. The molecule has 0 bridgehead atoms. The fourth-order valence-corrected chi connectivity index (χ4v) is 11.6. The van der Waals surface area contributed by atoms with Crippen LogP contribution in [-0.2, 0) is 27.2 Å². The Labute approximate surface area is 345 Å². The van der Waals surface area contributed by atoms with Gasteiger partial charge in [-0.15, -0.1) is 0 Å². The summed E-state index contributed by atoms with van der Waals surface area (Å²) in [6.45, 7) is 13.8. The molecule has 0 radical (unpaired) electrons. The number of aliphatic hydroxyl groups excluding tert-OH is 3. The standard InChI is InChI=1S/C50H66O8/c1-9-11-14-20-33-27-36(31-18-16-13-17-19-31)35(21-15-12-10-2)26-34(33)23-22-32-24-25-37(52)40-38(32)29(5)48(7)42(44(40)54)46(56)50(58)45(55)39(30(6)51)43(53)41(28(3)4)49(50,8)47(48)57/h22-29,31,41,47,52,54-55,57-58H,9-21H2,1-8H3/t29?,41?,47-,48+,49+,50+/m1/s1. The van der Waals surface area contributed by atoms with E-state index in [1.54, 1.807) is 26.8 Å². The topological polar surface area (TPSA) is 152 Å². The van der Waals surface area contributed by atoms with Crippen LogP contribution in [0.4, 0.5) is 0 Å². The van der Waals surface area contributed by atoms with Crippen LogP contribution in [0.25, 0.3) is 17.9 Å². The summed E-state index contributed by atoms with van der Waals surface area (Å²) in [5, 5.41) is 60.4. The molecule has 2 saturated carbocycles. The number of hydrogen-bond acceptors (Lipinski definition) is 8. The van der Waals surface area contributed by atoms with Crippen LogP contribution in [0.2, 0.25) is 0 Å². The molecule has 0 spiro atoms. The van der Waals surface area contributed by atoms with Crippen molar-refractivity contribution in [2.24, 2.45) is 22.7 Å². The summed E-state index contributed by atoms with van der Waals surface area (Å²) in [5.41, 5.74) is -1.01. The summed E-state index contributed by atoms with van der Waals surface area (Å²) < 4.78 is 0. The van der Waals surface area contributed by atoms with Gasteiger partial charge >= 0.3 is 0 Å². The Kier molecular flexibility index (Phi) is 12.4. The van der Waals surface area contributed by atoms with Crippen LogP contribution in [0.3, 0.4) is 0 Å². The third-order valence-corrected chi connectivity index (χ3v) is 14.8. The number of aromatic hydroxyl groups is 1. The monoisotopic (exact) mass is 794 g/mol. The van der Waals surface area contributed by atoms with Gasteiger partial charge in [-0.3, -0.25) is 14.4 Å². The zero-order chi connectivity index (χ0) is 42.5. The van der Waals surface area contributed by atoms with E-state index in [9.17, 15) is 39.9 Å². The van der Waals surface area contributed by atoms with Gasteiger partial charge in [-0.1, -0.05) is 124 Å². The minimum atomic E-state index is -2.92. The Hall–Kier alpha value is -4.01. The molecule has 58 heavy (non-hydrogen) atoms. The fourth-order valence-electron chi connectivity index (χ4n) is 11.6. The van der Waals surface area contributed by atoms with Crippen molar-refractivity contribution >= 4 is 35.3 Å². The number of phenols is 1. The van der Waals surface area contributed by atoms with Gasteiger partial charge in [-0.2, -0.15) is 0 Å². The molecule has 0 aliphatic heterocycles. The summed E-state index contributed by atoms with van der Waals surface area (Å²) in [6, 6.07) is 8.11.